The number of hydrogen-bond donors (Lipinski definition) is 0. The van der Waals surface area contributed by atoms with E-state index in [9.17, 15) is 0 Å². The van der Waals surface area contributed by atoms with Gasteiger partial charge in [-0.05, 0) is 0 Å². The second-order valence-corrected chi connectivity index (χ2v) is 16.3. The van der Waals surface area contributed by atoms with Gasteiger partial charge in [-0.15, -0.1) is 0 Å². The minimum atomic E-state index is -0.210. The van der Waals surface area contributed by atoms with Crippen molar-refractivity contribution in [3.8, 4) is 0 Å². The minimum Gasteiger partial charge on any atom is -0.0743 e. The first kappa shape index (κ1) is 12.4. The fourth-order valence-electron chi connectivity index (χ4n) is 1.74. The second-order valence-electron chi connectivity index (χ2n) is 4.29. The van der Waals surface area contributed by atoms with E-state index in [4.69, 9.17) is 0 Å². The molecule has 0 aliphatic carbocycles. The van der Waals surface area contributed by atoms with Gasteiger partial charge in [-0.3, -0.25) is 0 Å². The molecule has 74 valence electrons. The normalized spacial score (nSPS) is 11.5. The summed E-state index contributed by atoms with van der Waals surface area (Å²) in [6.45, 7) is 9.80. The van der Waals surface area contributed by atoms with E-state index in [0.29, 0.717) is 0 Å². The molecule has 0 aliphatic rings. The highest BCUT2D eigenvalue weighted by molar-refractivity contribution is 7.21. The van der Waals surface area contributed by atoms with E-state index in [1.807, 2.05) is 0 Å². The largest absolute Gasteiger partial charge is 0.0743 e. The Balaban J connectivity index is 3.55. The maximum absolute atomic E-state index is 2.57. The predicted molar refractivity (Wildman–Crippen MR) is 65.5 cm³/mol. The molecular formula is C10H26Si2. The maximum atomic E-state index is 2.57. The van der Waals surface area contributed by atoms with Crippen molar-refractivity contribution in [3.05, 3.63) is 0 Å². The van der Waals surface area contributed by atoms with Crippen molar-refractivity contribution < 1.29 is 0 Å². The maximum Gasteiger partial charge on any atom is 0.0274 e. The molecule has 0 aliphatic heterocycles. The molecule has 0 spiro atoms. The molecule has 0 rings (SSSR count). The third kappa shape index (κ3) is 6.01. The van der Waals surface area contributed by atoms with E-state index >= 15 is 0 Å². The fraction of sp³-hybridized carbons (Fsp3) is 1.00. The Bertz CT molecular complexity index is 83.8. The minimum absolute atomic E-state index is 0.203. The summed E-state index contributed by atoms with van der Waals surface area (Å²) < 4.78 is 0. The number of rotatable bonds is 7. The summed E-state index contributed by atoms with van der Waals surface area (Å²) in [5.74, 6) is 0. The van der Waals surface area contributed by atoms with Crippen LogP contribution in [0.4, 0.5) is 0 Å². The Hall–Kier alpha value is 0.434. The number of unbranched alkanes of at least 4 members (excludes halogenated alkanes) is 2. The van der Waals surface area contributed by atoms with Crippen molar-refractivity contribution >= 4 is 16.6 Å². The number of hydrogen-bond acceptors (Lipinski definition) is 0. The van der Waals surface area contributed by atoms with Crippen LogP contribution in [0.2, 0.25) is 25.2 Å². The summed E-state index contributed by atoms with van der Waals surface area (Å²) in [6.07, 6.45) is 5.87. The monoisotopic (exact) mass is 202 g/mol. The molecule has 2 heteroatoms. The molecular weight excluding hydrogens is 176 g/mol. The van der Waals surface area contributed by atoms with Gasteiger partial charge < -0.3 is 0 Å². The van der Waals surface area contributed by atoms with Crippen molar-refractivity contribution in [2.75, 3.05) is 0 Å². The van der Waals surface area contributed by atoms with Crippen molar-refractivity contribution in [1.29, 1.82) is 0 Å². The zero-order valence-electron chi connectivity index (χ0n) is 9.40. The van der Waals surface area contributed by atoms with Crippen molar-refractivity contribution in [2.45, 2.75) is 64.7 Å². The Morgan fingerprint density at radius 1 is 0.833 bits per heavy atom. The quantitative estimate of drug-likeness (QED) is 0.555. The third-order valence-corrected chi connectivity index (χ3v) is 14.6. The van der Waals surface area contributed by atoms with Gasteiger partial charge in [0, 0.05) is 16.6 Å². The third-order valence-electron chi connectivity index (χ3n) is 2.80. The van der Waals surface area contributed by atoms with Gasteiger partial charge in [0.1, 0.15) is 0 Å². The van der Waals surface area contributed by atoms with Crippen LogP contribution >= 0.6 is 0 Å². The van der Waals surface area contributed by atoms with Gasteiger partial charge in [0.05, 0.1) is 0 Å². The lowest BCUT2D eigenvalue weighted by molar-refractivity contribution is 0.847. The van der Waals surface area contributed by atoms with Crippen LogP contribution < -0.4 is 0 Å². The average Bonchev–Trinajstić information content (AvgIpc) is 2.04. The Kier molecular flexibility index (Phi) is 8.34. The molecule has 0 saturated heterocycles. The Morgan fingerprint density at radius 3 is 1.50 bits per heavy atom. The highest BCUT2D eigenvalue weighted by Gasteiger charge is 2.14. The lowest BCUT2D eigenvalue weighted by Crippen LogP contribution is -2.29. The molecule has 0 bridgehead atoms. The van der Waals surface area contributed by atoms with Crippen molar-refractivity contribution in [1.82, 2.24) is 0 Å². The first-order valence-electron chi connectivity index (χ1n) is 5.72. The Morgan fingerprint density at radius 2 is 1.25 bits per heavy atom. The van der Waals surface area contributed by atoms with E-state index in [1.165, 1.54) is 25.7 Å². The molecule has 0 N–H and O–H groups in total. The van der Waals surface area contributed by atoms with Crippen LogP contribution in [0.5, 0.6) is 0 Å². The average molecular weight is 202 g/mol. The molecule has 0 unspecified atom stereocenters. The van der Waals surface area contributed by atoms with Crippen molar-refractivity contribution in [3.63, 3.8) is 0 Å². The van der Waals surface area contributed by atoms with E-state index in [1.54, 1.807) is 12.1 Å². The van der Waals surface area contributed by atoms with Gasteiger partial charge in [-0.2, -0.15) is 0 Å². The smallest absolute Gasteiger partial charge is 0.0274 e. The van der Waals surface area contributed by atoms with Gasteiger partial charge in [0.25, 0.3) is 0 Å². The predicted octanol–water partition coefficient (Wildman–Crippen LogP) is 3.38. The van der Waals surface area contributed by atoms with E-state index in [2.05, 4.69) is 26.9 Å². The van der Waals surface area contributed by atoms with Crippen LogP contribution in [-0.2, 0) is 0 Å². The standard InChI is InChI=1S/C10H26Si2/c1-5-7-9-12(11(3)4)10-8-6-2/h11-12H,5-10H2,1-4H3. The van der Waals surface area contributed by atoms with Crippen LogP contribution in [0.15, 0.2) is 0 Å². The topological polar surface area (TPSA) is 0 Å². The Labute approximate surface area is 81.8 Å². The van der Waals surface area contributed by atoms with Gasteiger partial charge in [-0.25, -0.2) is 0 Å². The summed E-state index contributed by atoms with van der Waals surface area (Å²) in [4.78, 5) is 0. The lowest BCUT2D eigenvalue weighted by atomic mass is 10.4. The van der Waals surface area contributed by atoms with E-state index < -0.39 is 0 Å². The summed E-state index contributed by atoms with van der Waals surface area (Å²) in [5, 5.41) is 0. The molecule has 0 fully saturated rings. The molecule has 0 atom stereocenters. The van der Waals surface area contributed by atoms with Crippen LogP contribution in [0.3, 0.4) is 0 Å². The van der Waals surface area contributed by atoms with Crippen LogP contribution in [0, 0.1) is 0 Å². The summed E-state index contributed by atoms with van der Waals surface area (Å²) in [5.41, 5.74) is 0. The molecule has 12 heavy (non-hydrogen) atoms. The highest BCUT2D eigenvalue weighted by Crippen LogP contribution is 2.12. The van der Waals surface area contributed by atoms with Crippen LogP contribution in [0.25, 0.3) is 0 Å². The second kappa shape index (κ2) is 8.05. The van der Waals surface area contributed by atoms with Gasteiger partial charge >= 0.3 is 0 Å². The lowest BCUT2D eigenvalue weighted by Gasteiger charge is -2.17. The van der Waals surface area contributed by atoms with E-state index in [-0.39, 0.29) is 16.6 Å². The molecule has 0 aromatic rings. The van der Waals surface area contributed by atoms with Crippen LogP contribution in [0.1, 0.15) is 39.5 Å². The SMILES string of the molecule is CCCC[SiH](CCCC)[SiH](C)C. The summed E-state index contributed by atoms with van der Waals surface area (Å²) in [7, 11) is -0.413. The molecule has 0 radical (unpaired) electrons. The first-order chi connectivity index (χ1) is 5.72. The molecule has 0 saturated carbocycles. The molecule has 0 nitrogen and oxygen atoms in total. The molecule has 0 aromatic carbocycles. The summed E-state index contributed by atoms with van der Waals surface area (Å²) in [6, 6.07) is 3.31. The molecule has 0 amide bonds. The van der Waals surface area contributed by atoms with Crippen molar-refractivity contribution in [2.24, 2.45) is 0 Å². The van der Waals surface area contributed by atoms with Gasteiger partial charge in [-0.1, -0.05) is 64.7 Å². The molecule has 0 heterocycles. The fourth-order valence-corrected chi connectivity index (χ4v) is 10.6. The first-order valence-corrected chi connectivity index (χ1v) is 12.3. The summed E-state index contributed by atoms with van der Waals surface area (Å²) >= 11 is 0. The zero-order valence-corrected chi connectivity index (χ0v) is 11.7. The van der Waals surface area contributed by atoms with E-state index in [0.717, 1.165) is 0 Å². The van der Waals surface area contributed by atoms with Gasteiger partial charge in [0.2, 0.25) is 0 Å². The zero-order chi connectivity index (χ0) is 9.40. The molecule has 0 aromatic heterocycles. The van der Waals surface area contributed by atoms with Crippen LogP contribution in [-0.4, -0.2) is 16.6 Å². The van der Waals surface area contributed by atoms with Gasteiger partial charge in [0.15, 0.2) is 0 Å². The highest BCUT2D eigenvalue weighted by atomic mass is 29.2.